The summed E-state index contributed by atoms with van der Waals surface area (Å²) in [6, 6.07) is 9.41. The zero-order chi connectivity index (χ0) is 16.2. The van der Waals surface area contributed by atoms with Crippen LogP contribution in [0.15, 0.2) is 35.7 Å². The number of hydrogen-bond acceptors (Lipinski definition) is 4. The second kappa shape index (κ2) is 6.83. The summed E-state index contributed by atoms with van der Waals surface area (Å²) in [5, 5.41) is 11.0. The van der Waals surface area contributed by atoms with Crippen LogP contribution in [0.4, 0.5) is 11.4 Å². The third-order valence-corrected chi connectivity index (χ3v) is 4.67. The smallest absolute Gasteiger partial charge is 0.242 e. The number of carbonyl (C=O) groups is 2. The van der Waals surface area contributed by atoms with Crippen LogP contribution in [0.5, 0.6) is 0 Å². The lowest BCUT2D eigenvalue weighted by atomic mass is 10.0. The van der Waals surface area contributed by atoms with Gasteiger partial charge in [0.05, 0.1) is 6.54 Å². The van der Waals surface area contributed by atoms with Crippen LogP contribution in [-0.2, 0) is 22.6 Å². The van der Waals surface area contributed by atoms with E-state index in [0.717, 1.165) is 28.2 Å². The Hall–Kier alpha value is -2.34. The van der Waals surface area contributed by atoms with E-state index < -0.39 is 0 Å². The Morgan fingerprint density at radius 2 is 2.22 bits per heavy atom. The minimum absolute atomic E-state index is 0.0376. The summed E-state index contributed by atoms with van der Waals surface area (Å²) in [4.78, 5) is 24.7. The van der Waals surface area contributed by atoms with Gasteiger partial charge < -0.3 is 16.0 Å². The molecule has 0 radical (unpaired) electrons. The van der Waals surface area contributed by atoms with Gasteiger partial charge in [0.2, 0.25) is 11.8 Å². The van der Waals surface area contributed by atoms with Crippen molar-refractivity contribution >= 4 is 34.5 Å². The van der Waals surface area contributed by atoms with Gasteiger partial charge in [-0.25, -0.2) is 0 Å². The molecular formula is C17H19N3O2S. The van der Waals surface area contributed by atoms with Gasteiger partial charge in [0.25, 0.3) is 0 Å². The largest absolute Gasteiger partial charge is 0.374 e. The lowest BCUT2D eigenvalue weighted by Crippen LogP contribution is -2.37. The molecule has 0 bridgehead atoms. The maximum Gasteiger partial charge on any atom is 0.242 e. The highest BCUT2D eigenvalue weighted by atomic mass is 32.1. The van der Waals surface area contributed by atoms with Crippen LogP contribution in [-0.4, -0.2) is 17.9 Å². The Bertz CT molecular complexity index is 713. The van der Waals surface area contributed by atoms with E-state index in [9.17, 15) is 9.59 Å². The highest BCUT2D eigenvalue weighted by molar-refractivity contribution is 7.09. The summed E-state index contributed by atoms with van der Waals surface area (Å²) < 4.78 is 0. The van der Waals surface area contributed by atoms with Crippen LogP contribution in [0.3, 0.4) is 0 Å². The third kappa shape index (κ3) is 3.90. The number of anilines is 2. The van der Waals surface area contributed by atoms with Gasteiger partial charge in [-0.15, -0.1) is 11.3 Å². The molecule has 1 unspecified atom stereocenters. The van der Waals surface area contributed by atoms with E-state index in [1.54, 1.807) is 11.3 Å². The molecule has 6 heteroatoms. The number of thiophene rings is 1. The zero-order valence-electron chi connectivity index (χ0n) is 12.9. The predicted molar refractivity (Wildman–Crippen MR) is 92.6 cm³/mol. The lowest BCUT2D eigenvalue weighted by molar-refractivity contribution is -0.121. The van der Waals surface area contributed by atoms with Crippen LogP contribution in [0.2, 0.25) is 0 Å². The molecule has 1 aliphatic rings. The number of aryl methyl sites for hydroxylation is 1. The van der Waals surface area contributed by atoms with Crippen molar-refractivity contribution in [3.63, 3.8) is 0 Å². The first-order valence-corrected chi connectivity index (χ1v) is 8.49. The number of amides is 2. The fraction of sp³-hybridized carbons (Fsp3) is 0.294. The molecule has 0 fully saturated rings. The fourth-order valence-corrected chi connectivity index (χ4v) is 3.17. The quantitative estimate of drug-likeness (QED) is 0.790. The van der Waals surface area contributed by atoms with Crippen LogP contribution < -0.4 is 16.0 Å². The highest BCUT2D eigenvalue weighted by Gasteiger charge is 2.17. The summed E-state index contributed by atoms with van der Waals surface area (Å²) in [6.07, 6.45) is 1.24. The summed E-state index contributed by atoms with van der Waals surface area (Å²) in [5.41, 5.74) is 2.85. The second-order valence-electron chi connectivity index (χ2n) is 5.58. The zero-order valence-corrected chi connectivity index (χ0v) is 13.7. The van der Waals surface area contributed by atoms with Crippen molar-refractivity contribution < 1.29 is 9.59 Å². The van der Waals surface area contributed by atoms with Crippen molar-refractivity contribution in [2.75, 3.05) is 10.6 Å². The SMILES string of the molecule is CC(Nc1ccc2c(c1)CCC(=O)N2)C(=O)NCc1cccs1. The Kier molecular flexibility index (Phi) is 4.62. The van der Waals surface area contributed by atoms with E-state index in [1.807, 2.05) is 42.6 Å². The van der Waals surface area contributed by atoms with Crippen molar-refractivity contribution in [2.45, 2.75) is 32.4 Å². The van der Waals surface area contributed by atoms with Gasteiger partial charge in [-0.1, -0.05) is 6.07 Å². The molecule has 1 aromatic carbocycles. The molecule has 0 saturated carbocycles. The van der Waals surface area contributed by atoms with Crippen molar-refractivity contribution in [2.24, 2.45) is 0 Å². The summed E-state index contributed by atoms with van der Waals surface area (Å²) >= 11 is 1.63. The molecule has 1 atom stereocenters. The summed E-state index contributed by atoms with van der Waals surface area (Å²) in [7, 11) is 0. The molecule has 1 aliphatic heterocycles. The molecule has 2 amide bonds. The molecule has 1 aromatic heterocycles. The maximum absolute atomic E-state index is 12.1. The number of benzene rings is 1. The fourth-order valence-electron chi connectivity index (χ4n) is 2.53. The van der Waals surface area contributed by atoms with Crippen molar-refractivity contribution in [3.05, 3.63) is 46.2 Å². The number of nitrogens with one attached hydrogen (secondary N) is 3. The van der Waals surface area contributed by atoms with Gasteiger partial charge in [0.15, 0.2) is 0 Å². The number of hydrogen-bond donors (Lipinski definition) is 3. The molecule has 0 spiro atoms. The first kappa shape index (κ1) is 15.6. The Morgan fingerprint density at radius 3 is 3.00 bits per heavy atom. The van der Waals surface area contributed by atoms with E-state index >= 15 is 0 Å². The van der Waals surface area contributed by atoms with E-state index in [4.69, 9.17) is 0 Å². The highest BCUT2D eigenvalue weighted by Crippen LogP contribution is 2.25. The number of fused-ring (bicyclic) bond motifs is 1. The van der Waals surface area contributed by atoms with Gasteiger partial charge in [0, 0.05) is 22.7 Å². The van der Waals surface area contributed by atoms with Crippen molar-refractivity contribution in [1.29, 1.82) is 0 Å². The first-order valence-electron chi connectivity index (χ1n) is 7.61. The van der Waals surface area contributed by atoms with Crippen molar-refractivity contribution in [3.8, 4) is 0 Å². The Morgan fingerprint density at radius 1 is 1.35 bits per heavy atom. The van der Waals surface area contributed by atoms with E-state index in [-0.39, 0.29) is 17.9 Å². The van der Waals surface area contributed by atoms with Crippen molar-refractivity contribution in [1.82, 2.24) is 5.32 Å². The second-order valence-corrected chi connectivity index (χ2v) is 6.62. The molecule has 0 saturated heterocycles. The molecule has 2 heterocycles. The third-order valence-electron chi connectivity index (χ3n) is 3.79. The van der Waals surface area contributed by atoms with Gasteiger partial charge >= 0.3 is 0 Å². The summed E-state index contributed by atoms with van der Waals surface area (Å²) in [5.74, 6) is 0.0176. The number of rotatable bonds is 5. The monoisotopic (exact) mass is 329 g/mol. The first-order chi connectivity index (χ1) is 11.1. The topological polar surface area (TPSA) is 70.2 Å². The minimum atomic E-state index is -0.328. The molecule has 0 aliphatic carbocycles. The van der Waals surface area contributed by atoms with E-state index in [1.165, 1.54) is 0 Å². The van der Waals surface area contributed by atoms with Crippen LogP contribution in [0.1, 0.15) is 23.8 Å². The average molecular weight is 329 g/mol. The standard InChI is InChI=1S/C17H19N3O2S/c1-11(17(22)18-10-14-3-2-8-23-14)19-13-5-6-15-12(9-13)4-7-16(21)20-15/h2-3,5-6,8-9,11,19H,4,7,10H2,1H3,(H,18,22)(H,20,21). The maximum atomic E-state index is 12.1. The predicted octanol–water partition coefficient (Wildman–Crippen LogP) is 2.75. The van der Waals surface area contributed by atoms with Crippen LogP contribution in [0, 0.1) is 0 Å². The van der Waals surface area contributed by atoms with Gasteiger partial charge in [0.1, 0.15) is 6.04 Å². The average Bonchev–Trinajstić information content (AvgIpc) is 3.06. The van der Waals surface area contributed by atoms with E-state index in [2.05, 4.69) is 16.0 Å². The number of carbonyl (C=O) groups excluding carboxylic acids is 2. The molecule has 3 N–H and O–H groups in total. The Balaban J connectivity index is 1.58. The van der Waals surface area contributed by atoms with Crippen LogP contribution in [0.25, 0.3) is 0 Å². The lowest BCUT2D eigenvalue weighted by Gasteiger charge is -2.20. The molecular weight excluding hydrogens is 310 g/mol. The molecule has 5 nitrogen and oxygen atoms in total. The minimum Gasteiger partial charge on any atom is -0.374 e. The van der Waals surface area contributed by atoms with Crippen LogP contribution >= 0.6 is 11.3 Å². The summed E-state index contributed by atoms with van der Waals surface area (Å²) in [6.45, 7) is 2.39. The molecule has 120 valence electrons. The molecule has 3 rings (SSSR count). The normalized spacial score (nSPS) is 14.6. The van der Waals surface area contributed by atoms with E-state index in [0.29, 0.717) is 13.0 Å². The van der Waals surface area contributed by atoms with Gasteiger partial charge in [-0.3, -0.25) is 9.59 Å². The Labute approximate surface area is 139 Å². The van der Waals surface area contributed by atoms with Gasteiger partial charge in [-0.05, 0) is 48.6 Å². The van der Waals surface area contributed by atoms with Gasteiger partial charge in [-0.2, -0.15) is 0 Å². The molecule has 2 aromatic rings. The molecule has 23 heavy (non-hydrogen) atoms.